The van der Waals surface area contributed by atoms with E-state index in [2.05, 4.69) is 10.6 Å². The number of carbonyl (C=O) groups is 3. The first kappa shape index (κ1) is 28.5. The molecule has 9 heteroatoms. The van der Waals surface area contributed by atoms with Crippen molar-refractivity contribution in [1.82, 2.24) is 10.8 Å². The molecule has 1 unspecified atom stereocenters. The van der Waals surface area contributed by atoms with Crippen LogP contribution < -0.4 is 16.1 Å². The number of ether oxygens (including phenoxy) is 2. The van der Waals surface area contributed by atoms with Gasteiger partial charge in [-0.05, 0) is 58.2 Å². The number of hydrogen-bond donors (Lipinski definition) is 4. The molecular formula is C24H39N3O6. The molecule has 33 heavy (non-hydrogen) atoms. The number of esters is 1. The number of hydroxylamine groups is 1. The molecule has 0 radical (unpaired) electrons. The summed E-state index contributed by atoms with van der Waals surface area (Å²) >= 11 is 0. The molecule has 0 aromatic heterocycles. The van der Waals surface area contributed by atoms with Crippen LogP contribution in [0.2, 0.25) is 0 Å². The van der Waals surface area contributed by atoms with E-state index in [1.165, 1.54) is 7.11 Å². The maximum absolute atomic E-state index is 12.2. The third-order valence-corrected chi connectivity index (χ3v) is 4.91. The molecule has 0 bridgehead atoms. The Morgan fingerprint density at radius 2 is 1.55 bits per heavy atom. The number of rotatable bonds is 14. The summed E-state index contributed by atoms with van der Waals surface area (Å²) in [5, 5.41) is 14.5. The van der Waals surface area contributed by atoms with Crippen molar-refractivity contribution in [3.05, 3.63) is 29.8 Å². The van der Waals surface area contributed by atoms with Crippen LogP contribution in [0, 0.1) is 0 Å². The quantitative estimate of drug-likeness (QED) is 0.144. The summed E-state index contributed by atoms with van der Waals surface area (Å²) < 4.78 is 10.8. The van der Waals surface area contributed by atoms with Crippen LogP contribution >= 0.6 is 0 Å². The van der Waals surface area contributed by atoms with Crippen molar-refractivity contribution >= 4 is 23.5 Å². The minimum atomic E-state index is -0.605. The number of nitrogens with one attached hydrogen (secondary N) is 3. The average molecular weight is 466 g/mol. The maximum Gasteiger partial charge on any atom is 0.325 e. The van der Waals surface area contributed by atoms with E-state index in [-0.39, 0.29) is 35.9 Å². The fraction of sp³-hybridized carbons (Fsp3) is 0.625. The van der Waals surface area contributed by atoms with Gasteiger partial charge in [0.15, 0.2) is 0 Å². The van der Waals surface area contributed by atoms with E-state index >= 15 is 0 Å². The van der Waals surface area contributed by atoms with Crippen LogP contribution in [-0.2, 0) is 30.4 Å². The summed E-state index contributed by atoms with van der Waals surface area (Å²) in [4.78, 5) is 35.2. The van der Waals surface area contributed by atoms with E-state index in [4.69, 9.17) is 14.7 Å². The van der Waals surface area contributed by atoms with Crippen LogP contribution in [0.5, 0.6) is 0 Å². The Hall–Kier alpha value is -2.49. The summed E-state index contributed by atoms with van der Waals surface area (Å²) in [7, 11) is 1.36. The molecule has 1 rings (SSSR count). The Bertz CT molecular complexity index is 746. The predicted octanol–water partition coefficient (Wildman–Crippen LogP) is 3.31. The van der Waals surface area contributed by atoms with Crippen LogP contribution in [0.1, 0.15) is 71.8 Å². The third kappa shape index (κ3) is 12.4. The molecule has 2 amide bonds. The van der Waals surface area contributed by atoms with Gasteiger partial charge in [-0.25, -0.2) is 5.48 Å². The highest BCUT2D eigenvalue weighted by Crippen LogP contribution is 2.15. The Morgan fingerprint density at radius 1 is 0.970 bits per heavy atom. The second-order valence-electron chi connectivity index (χ2n) is 9.01. The minimum Gasteiger partial charge on any atom is -0.468 e. The number of unbranched alkanes of at least 4 members (excludes halogenated alkanes) is 3. The first-order valence-corrected chi connectivity index (χ1v) is 11.4. The Labute approximate surface area is 196 Å². The highest BCUT2D eigenvalue weighted by Gasteiger charge is 2.29. The van der Waals surface area contributed by atoms with Gasteiger partial charge in [-0.3, -0.25) is 24.9 Å². The van der Waals surface area contributed by atoms with Crippen LogP contribution in [-0.4, -0.2) is 47.8 Å². The van der Waals surface area contributed by atoms with Crippen LogP contribution in [0.15, 0.2) is 24.3 Å². The first-order valence-electron chi connectivity index (χ1n) is 11.4. The largest absolute Gasteiger partial charge is 0.468 e. The average Bonchev–Trinajstić information content (AvgIpc) is 2.75. The van der Waals surface area contributed by atoms with E-state index in [9.17, 15) is 14.4 Å². The van der Waals surface area contributed by atoms with Crippen molar-refractivity contribution in [3.8, 4) is 0 Å². The topological polar surface area (TPSA) is 126 Å². The van der Waals surface area contributed by atoms with Gasteiger partial charge < -0.3 is 14.8 Å². The Morgan fingerprint density at radius 3 is 2.06 bits per heavy atom. The Kier molecular flexibility index (Phi) is 12.6. The third-order valence-electron chi connectivity index (χ3n) is 4.91. The summed E-state index contributed by atoms with van der Waals surface area (Å²) in [6.45, 7) is 8.09. The zero-order valence-electron chi connectivity index (χ0n) is 20.4. The van der Waals surface area contributed by atoms with Gasteiger partial charge in [0.05, 0.1) is 18.8 Å². The lowest BCUT2D eigenvalue weighted by molar-refractivity contribution is -0.151. The zero-order chi connectivity index (χ0) is 24.9. The van der Waals surface area contributed by atoms with E-state index in [0.717, 1.165) is 24.8 Å². The molecule has 9 nitrogen and oxygen atoms in total. The molecule has 0 aliphatic heterocycles. The van der Waals surface area contributed by atoms with Crippen molar-refractivity contribution in [1.29, 1.82) is 0 Å². The first-order chi connectivity index (χ1) is 15.6. The molecular weight excluding hydrogens is 426 g/mol. The van der Waals surface area contributed by atoms with Gasteiger partial charge in [-0.2, -0.15) is 0 Å². The Balaban J connectivity index is 2.44. The van der Waals surface area contributed by atoms with Gasteiger partial charge in [0.1, 0.15) is 6.04 Å². The lowest BCUT2D eigenvalue weighted by Gasteiger charge is -2.30. The number of hydrogen-bond acceptors (Lipinski definition) is 7. The molecule has 0 fully saturated rings. The number of amides is 2. The van der Waals surface area contributed by atoms with Crippen LogP contribution in [0.4, 0.5) is 5.69 Å². The van der Waals surface area contributed by atoms with E-state index in [0.29, 0.717) is 25.1 Å². The van der Waals surface area contributed by atoms with Crippen LogP contribution in [0.25, 0.3) is 0 Å². The summed E-state index contributed by atoms with van der Waals surface area (Å²) in [6, 6.07) is 6.82. The number of anilines is 1. The SMILES string of the molecule is COC(=O)[C@@H](NCc1ccc(NC(=O)CCCCCCC(=O)NO)cc1)C(C)OC(C)(C)C. The van der Waals surface area contributed by atoms with Gasteiger partial charge in [-0.1, -0.05) is 25.0 Å². The minimum absolute atomic E-state index is 0.0621. The molecule has 0 heterocycles. The standard InChI is InChI=1S/C24H39N3O6/c1-17(33-24(2,3)4)22(23(30)32-5)25-16-18-12-14-19(15-13-18)26-20(28)10-8-6-7-9-11-21(29)27-31/h12-15,17,22,25,31H,6-11,16H2,1-5H3,(H,26,28)(H,27,29)/t17?,22-/m0/s1. The monoisotopic (exact) mass is 465 g/mol. The molecule has 0 aliphatic carbocycles. The number of methoxy groups -OCH3 is 1. The smallest absolute Gasteiger partial charge is 0.325 e. The molecule has 4 N–H and O–H groups in total. The van der Waals surface area contributed by atoms with Crippen LogP contribution in [0.3, 0.4) is 0 Å². The lowest BCUT2D eigenvalue weighted by atomic mass is 10.1. The summed E-state index contributed by atoms with van der Waals surface area (Å²) in [5.74, 6) is -0.833. The van der Waals surface area contributed by atoms with Gasteiger partial charge in [-0.15, -0.1) is 0 Å². The van der Waals surface area contributed by atoms with Gasteiger partial charge in [0.25, 0.3) is 0 Å². The second kappa shape index (κ2) is 14.6. The van der Waals surface area contributed by atoms with Gasteiger partial charge >= 0.3 is 5.97 Å². The number of carbonyl (C=O) groups excluding carboxylic acids is 3. The molecule has 0 saturated heterocycles. The summed E-state index contributed by atoms with van der Waals surface area (Å²) in [6.07, 6.45) is 3.40. The van der Waals surface area contributed by atoms with E-state index in [1.807, 2.05) is 52.0 Å². The fourth-order valence-corrected chi connectivity index (χ4v) is 3.33. The van der Waals surface area contributed by atoms with Crippen molar-refractivity contribution in [3.63, 3.8) is 0 Å². The molecule has 0 spiro atoms. The maximum atomic E-state index is 12.2. The molecule has 1 aromatic rings. The van der Waals surface area contributed by atoms with Gasteiger partial charge in [0.2, 0.25) is 11.8 Å². The summed E-state index contributed by atoms with van der Waals surface area (Å²) in [5.41, 5.74) is 2.88. The molecule has 186 valence electrons. The molecule has 2 atom stereocenters. The van der Waals surface area contributed by atoms with Crippen molar-refractivity contribution in [2.75, 3.05) is 12.4 Å². The number of benzene rings is 1. The van der Waals surface area contributed by atoms with E-state index < -0.39 is 6.04 Å². The predicted molar refractivity (Wildman–Crippen MR) is 126 cm³/mol. The van der Waals surface area contributed by atoms with Gasteiger partial charge in [0, 0.05) is 25.1 Å². The molecule has 0 aliphatic rings. The van der Waals surface area contributed by atoms with Crippen molar-refractivity contribution in [2.24, 2.45) is 0 Å². The lowest BCUT2D eigenvalue weighted by Crippen LogP contribution is -2.48. The molecule has 1 aromatic carbocycles. The normalized spacial score (nSPS) is 13.2. The zero-order valence-corrected chi connectivity index (χ0v) is 20.4. The molecule has 0 saturated carbocycles. The highest BCUT2D eigenvalue weighted by molar-refractivity contribution is 5.90. The fourth-order valence-electron chi connectivity index (χ4n) is 3.33. The highest BCUT2D eigenvalue weighted by atomic mass is 16.5. The second-order valence-corrected chi connectivity index (χ2v) is 9.01. The van der Waals surface area contributed by atoms with E-state index in [1.54, 1.807) is 5.48 Å². The van der Waals surface area contributed by atoms with Crippen molar-refractivity contribution < 1.29 is 29.1 Å². The van der Waals surface area contributed by atoms with Crippen molar-refractivity contribution in [2.45, 2.75) is 90.5 Å².